The molecular formula is C26H25F3N6O. The molecule has 0 amide bonds. The number of hydrogen-bond acceptors (Lipinski definition) is 5. The molecule has 0 unspecified atom stereocenters. The molecule has 1 aliphatic rings. The Hall–Kier alpha value is -3.95. The summed E-state index contributed by atoms with van der Waals surface area (Å²) in [7, 11) is 1.55. The average molecular weight is 495 g/mol. The topological polar surface area (TPSA) is 70.7 Å². The molecule has 0 saturated heterocycles. The van der Waals surface area contributed by atoms with E-state index in [1.165, 1.54) is 12.1 Å². The van der Waals surface area contributed by atoms with Crippen molar-refractivity contribution in [3.05, 3.63) is 83.1 Å². The first-order valence-electron chi connectivity index (χ1n) is 11.6. The molecule has 186 valence electrons. The number of pyridine rings is 1. The van der Waals surface area contributed by atoms with Crippen LogP contribution >= 0.6 is 0 Å². The summed E-state index contributed by atoms with van der Waals surface area (Å²) in [6.45, 7) is 3.90. The van der Waals surface area contributed by atoms with Crippen LogP contribution in [0.2, 0.25) is 0 Å². The second kappa shape index (κ2) is 9.25. The van der Waals surface area contributed by atoms with Gasteiger partial charge in [0.15, 0.2) is 5.82 Å². The molecule has 7 nitrogen and oxygen atoms in total. The minimum absolute atomic E-state index is 0.0417. The fourth-order valence-electron chi connectivity index (χ4n) is 4.60. The van der Waals surface area contributed by atoms with E-state index in [-0.39, 0.29) is 11.6 Å². The lowest BCUT2D eigenvalue weighted by Gasteiger charge is -2.28. The maximum absolute atomic E-state index is 13.7. The molecule has 0 spiro atoms. The van der Waals surface area contributed by atoms with E-state index in [1.807, 2.05) is 36.7 Å². The van der Waals surface area contributed by atoms with Gasteiger partial charge in [0.25, 0.3) is 0 Å². The molecule has 0 saturated carbocycles. The van der Waals surface area contributed by atoms with E-state index in [9.17, 15) is 13.2 Å². The van der Waals surface area contributed by atoms with Crippen molar-refractivity contribution in [2.75, 3.05) is 7.11 Å². The Morgan fingerprint density at radius 1 is 1.06 bits per heavy atom. The summed E-state index contributed by atoms with van der Waals surface area (Å²) >= 11 is 0. The van der Waals surface area contributed by atoms with Gasteiger partial charge in [-0.1, -0.05) is 18.2 Å². The van der Waals surface area contributed by atoms with Gasteiger partial charge < -0.3 is 9.30 Å². The van der Waals surface area contributed by atoms with Crippen LogP contribution in [0, 0.1) is 6.92 Å². The Morgan fingerprint density at radius 3 is 2.58 bits per heavy atom. The van der Waals surface area contributed by atoms with Crippen molar-refractivity contribution in [2.24, 2.45) is 0 Å². The van der Waals surface area contributed by atoms with E-state index in [2.05, 4.69) is 20.1 Å². The largest absolute Gasteiger partial charge is 0.479 e. The number of rotatable bonds is 5. The monoisotopic (exact) mass is 494 g/mol. The van der Waals surface area contributed by atoms with Crippen LogP contribution in [0.15, 0.2) is 48.9 Å². The van der Waals surface area contributed by atoms with E-state index in [4.69, 9.17) is 4.74 Å². The van der Waals surface area contributed by atoms with Gasteiger partial charge in [0.1, 0.15) is 11.5 Å². The number of halogens is 3. The van der Waals surface area contributed by atoms with E-state index >= 15 is 0 Å². The zero-order valence-electron chi connectivity index (χ0n) is 20.1. The lowest BCUT2D eigenvalue weighted by Crippen LogP contribution is -2.23. The summed E-state index contributed by atoms with van der Waals surface area (Å²) in [6, 6.07) is 9.48. The molecule has 0 bridgehead atoms. The molecule has 1 aromatic carbocycles. The third-order valence-electron chi connectivity index (χ3n) is 6.37. The van der Waals surface area contributed by atoms with Crippen LogP contribution in [-0.2, 0) is 6.18 Å². The summed E-state index contributed by atoms with van der Waals surface area (Å²) < 4.78 is 50.1. The molecule has 10 heteroatoms. The first-order valence-corrected chi connectivity index (χ1v) is 11.6. The van der Waals surface area contributed by atoms with E-state index in [0.29, 0.717) is 36.1 Å². The highest BCUT2D eigenvalue weighted by Crippen LogP contribution is 2.42. The second-order valence-corrected chi connectivity index (χ2v) is 8.86. The molecular weight excluding hydrogens is 469 g/mol. The number of aryl methyl sites for hydroxylation is 1. The summed E-state index contributed by atoms with van der Waals surface area (Å²) in [5.41, 5.74) is 1.87. The number of ether oxygens (including phenoxy) is 1. The highest BCUT2D eigenvalue weighted by atomic mass is 19.4. The molecule has 0 radical (unpaired) electrons. The molecule has 0 fully saturated rings. The van der Waals surface area contributed by atoms with Gasteiger partial charge in [-0.2, -0.15) is 18.3 Å². The molecule has 0 N–H and O–H groups in total. The van der Waals surface area contributed by atoms with Gasteiger partial charge in [-0.25, -0.2) is 19.6 Å². The number of fused-ring (bicyclic) bond motifs is 1. The van der Waals surface area contributed by atoms with Gasteiger partial charge in [-0.3, -0.25) is 0 Å². The van der Waals surface area contributed by atoms with Gasteiger partial charge in [0.2, 0.25) is 5.88 Å². The highest BCUT2D eigenvalue weighted by molar-refractivity contribution is 5.65. The minimum Gasteiger partial charge on any atom is -0.479 e. The molecule has 3 aromatic heterocycles. The Kier molecular flexibility index (Phi) is 6.11. The first-order chi connectivity index (χ1) is 17.2. The van der Waals surface area contributed by atoms with Gasteiger partial charge in [-0.15, -0.1) is 0 Å². The van der Waals surface area contributed by atoms with Crippen LogP contribution in [0.25, 0.3) is 17.8 Å². The Labute approximate surface area is 206 Å². The standard InChI is InChI=1S/C26H25F3N6O/c1-16-14-34(15-30-16)22-12-9-18(31-25(22)36-3)10-13-23-32-24-20(11-8-17(2)35(24)33-23)19-6-4-5-7-21(19)26(27,28)29/h4-7,9-10,12-15,17,20H,8,11H2,1-3H3/b13-10+/t17-,20+/m0/s1. The number of methoxy groups -OCH3 is 1. The third-order valence-corrected chi connectivity index (χ3v) is 6.37. The maximum atomic E-state index is 13.7. The number of hydrogen-bond donors (Lipinski definition) is 0. The summed E-state index contributed by atoms with van der Waals surface area (Å²) in [6.07, 6.45) is 3.90. The fraction of sp³-hybridized carbons (Fsp3) is 0.308. The Balaban J connectivity index is 1.46. The molecule has 2 atom stereocenters. The maximum Gasteiger partial charge on any atom is 0.416 e. The summed E-state index contributed by atoms with van der Waals surface area (Å²) in [5.74, 6) is 0.915. The predicted molar refractivity (Wildman–Crippen MR) is 129 cm³/mol. The van der Waals surface area contributed by atoms with Crippen molar-refractivity contribution in [3.8, 4) is 11.6 Å². The quantitative estimate of drug-likeness (QED) is 0.348. The van der Waals surface area contributed by atoms with E-state index < -0.39 is 17.7 Å². The molecule has 5 rings (SSSR count). The number of alkyl halides is 3. The van der Waals surface area contributed by atoms with Crippen LogP contribution < -0.4 is 4.74 Å². The molecule has 4 aromatic rings. The van der Waals surface area contributed by atoms with Crippen LogP contribution in [0.1, 0.15) is 65.9 Å². The minimum atomic E-state index is -4.43. The van der Waals surface area contributed by atoms with Crippen LogP contribution in [-0.4, -0.2) is 36.4 Å². The van der Waals surface area contributed by atoms with Crippen molar-refractivity contribution in [2.45, 2.75) is 44.8 Å². The first kappa shape index (κ1) is 23.8. The molecule has 1 aliphatic heterocycles. The zero-order chi connectivity index (χ0) is 25.4. The number of nitrogens with zero attached hydrogens (tertiary/aromatic N) is 6. The smallest absolute Gasteiger partial charge is 0.416 e. The lowest BCUT2D eigenvalue weighted by molar-refractivity contribution is -0.138. The van der Waals surface area contributed by atoms with Gasteiger partial charge >= 0.3 is 6.18 Å². The van der Waals surface area contributed by atoms with Crippen LogP contribution in [0.4, 0.5) is 13.2 Å². The number of imidazole rings is 1. The zero-order valence-corrected chi connectivity index (χ0v) is 20.1. The van der Waals surface area contributed by atoms with Gasteiger partial charge in [-0.05, 0) is 62.6 Å². The van der Waals surface area contributed by atoms with Crippen molar-refractivity contribution in [1.82, 2.24) is 29.3 Å². The van der Waals surface area contributed by atoms with E-state index in [1.54, 1.807) is 36.3 Å². The fourth-order valence-corrected chi connectivity index (χ4v) is 4.60. The molecule has 4 heterocycles. The van der Waals surface area contributed by atoms with Crippen molar-refractivity contribution in [1.29, 1.82) is 0 Å². The summed E-state index contributed by atoms with van der Waals surface area (Å²) in [5, 5.41) is 4.59. The molecule has 0 aliphatic carbocycles. The predicted octanol–water partition coefficient (Wildman–Crippen LogP) is 5.85. The van der Waals surface area contributed by atoms with Crippen LogP contribution in [0.5, 0.6) is 5.88 Å². The highest BCUT2D eigenvalue weighted by Gasteiger charge is 2.38. The number of aromatic nitrogens is 6. The SMILES string of the molecule is COc1nc(/C=C/c2nc3n(n2)[C@@H](C)CC[C@@H]3c2ccccc2C(F)(F)F)ccc1-n1cnc(C)c1. The second-order valence-electron chi connectivity index (χ2n) is 8.86. The van der Waals surface area contributed by atoms with Crippen molar-refractivity contribution >= 4 is 12.2 Å². The Morgan fingerprint density at radius 2 is 1.86 bits per heavy atom. The van der Waals surface area contributed by atoms with E-state index in [0.717, 1.165) is 17.4 Å². The van der Waals surface area contributed by atoms with Crippen molar-refractivity contribution < 1.29 is 17.9 Å². The summed E-state index contributed by atoms with van der Waals surface area (Å²) in [4.78, 5) is 13.4. The van der Waals surface area contributed by atoms with Gasteiger partial charge in [0.05, 0.1) is 36.4 Å². The van der Waals surface area contributed by atoms with Crippen LogP contribution in [0.3, 0.4) is 0 Å². The molecule has 36 heavy (non-hydrogen) atoms. The Bertz CT molecular complexity index is 1420. The van der Waals surface area contributed by atoms with Gasteiger partial charge in [0, 0.05) is 12.1 Å². The normalized spacial score (nSPS) is 17.9. The number of benzene rings is 1. The van der Waals surface area contributed by atoms with Crippen molar-refractivity contribution in [3.63, 3.8) is 0 Å². The third kappa shape index (κ3) is 4.50. The average Bonchev–Trinajstić information content (AvgIpc) is 3.49. The lowest BCUT2D eigenvalue weighted by atomic mass is 9.86.